The molecule has 1 amide bonds. The minimum Gasteiger partial charge on any atom is -0.467 e. The maximum atomic E-state index is 13.5. The summed E-state index contributed by atoms with van der Waals surface area (Å²) in [6, 6.07) is 16.6. The Hall–Kier alpha value is -3.19. The van der Waals surface area contributed by atoms with Gasteiger partial charge in [-0.3, -0.25) is 14.6 Å². The average molecular weight is 408 g/mol. The molecular formula is C22H17FN2O3S. The van der Waals surface area contributed by atoms with Crippen LogP contribution in [0.1, 0.15) is 35.5 Å². The van der Waals surface area contributed by atoms with Crippen molar-refractivity contribution in [2.75, 3.05) is 4.90 Å². The molecule has 2 aliphatic rings. The van der Waals surface area contributed by atoms with Crippen molar-refractivity contribution in [3.05, 3.63) is 84.1 Å². The van der Waals surface area contributed by atoms with E-state index in [1.54, 1.807) is 34.1 Å². The quantitative estimate of drug-likeness (QED) is 0.564. The molecule has 146 valence electrons. The first-order chi connectivity index (χ1) is 14.0. The SMILES string of the molecule is C[C@@]12C[C@H](c3ccccc3O1)N(C(=O)c1ccco1)C(=S)N2c1ccc(F)cc1. The third-order valence-corrected chi connectivity index (χ3v) is 5.78. The van der Waals surface area contributed by atoms with Crippen molar-refractivity contribution in [1.82, 2.24) is 4.90 Å². The highest BCUT2D eigenvalue weighted by atomic mass is 32.1. The Balaban J connectivity index is 1.68. The van der Waals surface area contributed by atoms with E-state index in [9.17, 15) is 9.18 Å². The molecule has 0 radical (unpaired) electrons. The highest BCUT2D eigenvalue weighted by Gasteiger charge is 2.53. The number of anilines is 1. The molecule has 0 unspecified atom stereocenters. The molecule has 2 aliphatic heterocycles. The second-order valence-electron chi connectivity index (χ2n) is 7.28. The summed E-state index contributed by atoms with van der Waals surface area (Å²) in [5, 5.41) is 0.284. The normalized spacial score (nSPS) is 22.8. The molecule has 1 aromatic heterocycles. The maximum absolute atomic E-state index is 13.5. The molecule has 3 aromatic rings. The minimum atomic E-state index is -0.826. The first-order valence-electron chi connectivity index (χ1n) is 9.23. The summed E-state index contributed by atoms with van der Waals surface area (Å²) < 4.78 is 25.2. The van der Waals surface area contributed by atoms with Gasteiger partial charge in [-0.2, -0.15) is 0 Å². The number of thiocarbonyl (C=S) groups is 1. The molecule has 1 saturated heterocycles. The van der Waals surface area contributed by atoms with Gasteiger partial charge in [0.2, 0.25) is 0 Å². The van der Waals surface area contributed by atoms with Crippen LogP contribution in [0.5, 0.6) is 5.75 Å². The van der Waals surface area contributed by atoms with E-state index in [2.05, 4.69) is 0 Å². The monoisotopic (exact) mass is 408 g/mol. The lowest BCUT2D eigenvalue weighted by Gasteiger charge is -2.55. The van der Waals surface area contributed by atoms with E-state index in [-0.39, 0.29) is 28.6 Å². The number of nitrogens with zero attached hydrogens (tertiary/aromatic N) is 2. The fraction of sp³-hybridized carbons (Fsp3) is 0.182. The predicted octanol–water partition coefficient (Wildman–Crippen LogP) is 4.91. The van der Waals surface area contributed by atoms with Gasteiger partial charge in [-0.05, 0) is 61.6 Å². The number of para-hydroxylation sites is 1. The number of ether oxygens (including phenoxy) is 1. The van der Waals surface area contributed by atoms with Gasteiger partial charge in [0.05, 0.1) is 12.3 Å². The van der Waals surface area contributed by atoms with E-state index in [1.807, 2.05) is 31.2 Å². The lowest BCUT2D eigenvalue weighted by Crippen LogP contribution is -2.67. The van der Waals surface area contributed by atoms with Crippen molar-refractivity contribution in [3.8, 4) is 5.75 Å². The van der Waals surface area contributed by atoms with Gasteiger partial charge in [0.1, 0.15) is 11.6 Å². The van der Waals surface area contributed by atoms with E-state index >= 15 is 0 Å². The van der Waals surface area contributed by atoms with Crippen LogP contribution in [0.4, 0.5) is 10.1 Å². The standard InChI is InChI=1S/C22H17FN2O3S/c1-22-13-17(16-5-2-3-6-18(16)28-22)24(20(26)19-7-4-12-27-19)21(29)25(22)15-10-8-14(23)9-11-15/h2-12,17H,13H2,1H3/t17-,22+/m1/s1. The Morgan fingerprint density at radius 1 is 1.14 bits per heavy atom. The fourth-order valence-electron chi connectivity index (χ4n) is 4.13. The molecule has 29 heavy (non-hydrogen) atoms. The van der Waals surface area contributed by atoms with Gasteiger partial charge >= 0.3 is 0 Å². The lowest BCUT2D eigenvalue weighted by molar-refractivity contribution is 0.0174. The van der Waals surface area contributed by atoms with Gasteiger partial charge in [0, 0.05) is 17.7 Å². The van der Waals surface area contributed by atoms with Crippen LogP contribution in [0.25, 0.3) is 0 Å². The number of fused-ring (bicyclic) bond motifs is 4. The van der Waals surface area contributed by atoms with Crippen molar-refractivity contribution < 1.29 is 18.3 Å². The van der Waals surface area contributed by atoms with Crippen molar-refractivity contribution in [1.29, 1.82) is 0 Å². The topological polar surface area (TPSA) is 45.9 Å². The Morgan fingerprint density at radius 3 is 2.62 bits per heavy atom. The Labute approximate surface area is 172 Å². The van der Waals surface area contributed by atoms with Gasteiger partial charge in [-0.25, -0.2) is 4.39 Å². The van der Waals surface area contributed by atoms with E-state index in [0.29, 0.717) is 17.9 Å². The number of halogens is 1. The van der Waals surface area contributed by atoms with E-state index in [4.69, 9.17) is 21.4 Å². The number of benzene rings is 2. The van der Waals surface area contributed by atoms with E-state index in [1.165, 1.54) is 18.4 Å². The summed E-state index contributed by atoms with van der Waals surface area (Å²) in [5.41, 5.74) is 0.716. The highest BCUT2D eigenvalue weighted by molar-refractivity contribution is 7.80. The van der Waals surface area contributed by atoms with Crippen LogP contribution in [0, 0.1) is 5.82 Å². The lowest BCUT2D eigenvalue weighted by atomic mass is 9.88. The number of carbonyl (C=O) groups is 1. The molecule has 1 fully saturated rings. The second kappa shape index (κ2) is 6.42. The third-order valence-electron chi connectivity index (χ3n) is 5.40. The molecular weight excluding hydrogens is 391 g/mol. The highest BCUT2D eigenvalue weighted by Crippen LogP contribution is 2.49. The smallest absolute Gasteiger partial charge is 0.296 e. The van der Waals surface area contributed by atoms with E-state index < -0.39 is 5.72 Å². The van der Waals surface area contributed by atoms with Gasteiger partial charge in [-0.15, -0.1) is 0 Å². The first-order valence-corrected chi connectivity index (χ1v) is 9.63. The molecule has 0 saturated carbocycles. The van der Waals surface area contributed by atoms with Gasteiger partial charge < -0.3 is 9.15 Å². The number of furan rings is 1. The molecule has 3 heterocycles. The molecule has 7 heteroatoms. The van der Waals surface area contributed by atoms with Crippen molar-refractivity contribution in [2.45, 2.75) is 25.1 Å². The van der Waals surface area contributed by atoms with Crippen LogP contribution in [0.15, 0.2) is 71.3 Å². The Kier molecular flexibility index (Phi) is 3.96. The van der Waals surface area contributed by atoms with Gasteiger partial charge in [-0.1, -0.05) is 18.2 Å². The molecule has 2 bridgehead atoms. The van der Waals surface area contributed by atoms with Crippen LogP contribution in [-0.2, 0) is 0 Å². The third kappa shape index (κ3) is 2.73. The zero-order valence-electron chi connectivity index (χ0n) is 15.5. The molecule has 0 spiro atoms. The summed E-state index contributed by atoms with van der Waals surface area (Å²) in [4.78, 5) is 16.7. The van der Waals surface area contributed by atoms with Gasteiger partial charge in [0.15, 0.2) is 16.6 Å². The number of hydrogen-bond acceptors (Lipinski definition) is 4. The van der Waals surface area contributed by atoms with Crippen LogP contribution in [0.3, 0.4) is 0 Å². The number of rotatable bonds is 2. The Morgan fingerprint density at radius 2 is 1.90 bits per heavy atom. The summed E-state index contributed by atoms with van der Waals surface area (Å²) in [7, 11) is 0. The molecule has 2 aromatic carbocycles. The molecule has 0 aliphatic carbocycles. The largest absolute Gasteiger partial charge is 0.467 e. The van der Waals surface area contributed by atoms with E-state index in [0.717, 1.165) is 5.56 Å². The second-order valence-corrected chi connectivity index (χ2v) is 7.65. The number of hydrogen-bond donors (Lipinski definition) is 0. The number of amides is 1. The molecule has 5 rings (SSSR count). The first kappa shape index (κ1) is 17.9. The van der Waals surface area contributed by atoms with Crippen LogP contribution < -0.4 is 9.64 Å². The van der Waals surface area contributed by atoms with Crippen LogP contribution in [0.2, 0.25) is 0 Å². The van der Waals surface area contributed by atoms with Gasteiger partial charge in [0.25, 0.3) is 5.91 Å². The zero-order valence-corrected chi connectivity index (χ0v) is 16.4. The minimum absolute atomic E-state index is 0.207. The van der Waals surface area contributed by atoms with Crippen LogP contribution in [-0.4, -0.2) is 21.6 Å². The fourth-order valence-corrected chi connectivity index (χ4v) is 4.64. The molecule has 5 nitrogen and oxygen atoms in total. The Bertz CT molecular complexity index is 1100. The maximum Gasteiger partial charge on any atom is 0.296 e. The molecule has 0 N–H and O–H groups in total. The van der Waals surface area contributed by atoms with Crippen LogP contribution >= 0.6 is 12.2 Å². The molecule has 2 atom stereocenters. The average Bonchev–Trinajstić information content (AvgIpc) is 3.24. The predicted molar refractivity (Wildman–Crippen MR) is 109 cm³/mol. The van der Waals surface area contributed by atoms with Crippen molar-refractivity contribution in [3.63, 3.8) is 0 Å². The van der Waals surface area contributed by atoms with Crippen molar-refractivity contribution >= 4 is 28.9 Å². The summed E-state index contributed by atoms with van der Waals surface area (Å²) in [5.74, 6) is 0.228. The van der Waals surface area contributed by atoms with Crippen molar-refractivity contribution in [2.24, 2.45) is 0 Å². The summed E-state index contributed by atoms with van der Waals surface area (Å²) in [6.07, 6.45) is 1.95. The zero-order chi connectivity index (χ0) is 20.2. The summed E-state index contributed by atoms with van der Waals surface area (Å²) >= 11 is 5.78. The summed E-state index contributed by atoms with van der Waals surface area (Å²) in [6.45, 7) is 1.93. The number of carbonyl (C=O) groups excluding carboxylic acids is 1.